The molecular formula is C18H15F3N4O3S. The molecule has 0 saturated carbocycles. The van der Waals surface area contributed by atoms with Crippen LogP contribution in [-0.4, -0.2) is 31.2 Å². The summed E-state index contributed by atoms with van der Waals surface area (Å²) in [5.74, 6) is -0.426. The number of hydrogen-bond donors (Lipinski definition) is 2. The summed E-state index contributed by atoms with van der Waals surface area (Å²) in [7, 11) is -2.93. The maximum Gasteiger partial charge on any atom is 0.435 e. The monoisotopic (exact) mass is 424 g/mol. The molecule has 0 spiro atoms. The molecule has 11 heteroatoms. The maximum absolute atomic E-state index is 13.6. The van der Waals surface area contributed by atoms with Gasteiger partial charge in [0.1, 0.15) is 0 Å². The van der Waals surface area contributed by atoms with Gasteiger partial charge in [-0.05, 0) is 36.4 Å². The third kappa shape index (κ3) is 4.24. The van der Waals surface area contributed by atoms with Crippen molar-refractivity contribution < 1.29 is 26.4 Å². The molecule has 29 heavy (non-hydrogen) atoms. The van der Waals surface area contributed by atoms with Crippen LogP contribution in [0.3, 0.4) is 0 Å². The van der Waals surface area contributed by atoms with Crippen LogP contribution in [0.4, 0.5) is 18.9 Å². The van der Waals surface area contributed by atoms with Crippen LogP contribution in [0.1, 0.15) is 16.1 Å². The van der Waals surface area contributed by atoms with Crippen LogP contribution in [0.5, 0.6) is 0 Å². The van der Waals surface area contributed by atoms with Gasteiger partial charge < -0.3 is 5.32 Å². The number of aromatic nitrogens is 2. The van der Waals surface area contributed by atoms with E-state index in [2.05, 4.69) is 10.4 Å². The predicted molar refractivity (Wildman–Crippen MR) is 99.2 cm³/mol. The van der Waals surface area contributed by atoms with E-state index in [1.54, 1.807) is 6.07 Å². The Hall–Kier alpha value is -3.34. The Kier molecular flexibility index (Phi) is 5.33. The summed E-state index contributed by atoms with van der Waals surface area (Å²) in [6, 6.07) is 12.3. The molecule has 1 aromatic heterocycles. The molecular weight excluding hydrogens is 409 g/mol. The summed E-state index contributed by atoms with van der Waals surface area (Å²) in [5.41, 5.74) is -1.63. The minimum atomic E-state index is -4.87. The number of carbonyl (C=O) groups is 1. The molecule has 2 aromatic carbocycles. The minimum Gasteiger partial charge on any atom is -0.355 e. The van der Waals surface area contributed by atoms with Crippen LogP contribution >= 0.6 is 0 Å². The van der Waals surface area contributed by atoms with Crippen molar-refractivity contribution in [2.24, 2.45) is 0 Å². The molecule has 0 unspecified atom stereocenters. The summed E-state index contributed by atoms with van der Waals surface area (Å²) in [5, 5.41) is 6.08. The van der Waals surface area contributed by atoms with E-state index in [4.69, 9.17) is 0 Å². The van der Waals surface area contributed by atoms with Crippen molar-refractivity contribution in [3.8, 4) is 5.69 Å². The fraction of sp³-hybridized carbons (Fsp3) is 0.111. The minimum absolute atomic E-state index is 0.125. The number of rotatable bonds is 5. The van der Waals surface area contributed by atoms with E-state index >= 15 is 0 Å². The molecule has 1 heterocycles. The second-order valence-electron chi connectivity index (χ2n) is 5.86. The van der Waals surface area contributed by atoms with Crippen LogP contribution in [0.15, 0.2) is 65.7 Å². The van der Waals surface area contributed by atoms with Crippen molar-refractivity contribution in [1.82, 2.24) is 15.1 Å². The van der Waals surface area contributed by atoms with Gasteiger partial charge in [-0.2, -0.15) is 18.3 Å². The van der Waals surface area contributed by atoms with E-state index in [9.17, 15) is 26.4 Å². The highest BCUT2D eigenvalue weighted by atomic mass is 32.2. The highest BCUT2D eigenvalue weighted by Gasteiger charge is 2.40. The molecule has 152 valence electrons. The molecule has 0 aliphatic heterocycles. The van der Waals surface area contributed by atoms with Gasteiger partial charge >= 0.3 is 6.18 Å². The number of carbonyl (C=O) groups excluding carboxylic acids is 1. The highest BCUT2D eigenvalue weighted by molar-refractivity contribution is 7.92. The largest absolute Gasteiger partial charge is 0.435 e. The fourth-order valence-electron chi connectivity index (χ4n) is 2.59. The standard InChI is InChI=1S/C18H15F3N4O3S/c1-22-17(26)12-7-9-14(10-8-12)29(27,28)24-15-11-23-25(16(15)18(19,20)21)13-5-3-2-4-6-13/h2-11,24H,1H3,(H,22,26). The van der Waals surface area contributed by atoms with E-state index < -0.39 is 33.5 Å². The number of halogens is 3. The first-order chi connectivity index (χ1) is 13.6. The first-order valence-electron chi connectivity index (χ1n) is 8.19. The van der Waals surface area contributed by atoms with Crippen molar-refractivity contribution in [2.75, 3.05) is 11.8 Å². The smallest absolute Gasteiger partial charge is 0.355 e. The molecule has 0 bridgehead atoms. The predicted octanol–water partition coefficient (Wildman–Crippen LogP) is 3.05. The number of alkyl halides is 3. The molecule has 0 aliphatic carbocycles. The number of para-hydroxylation sites is 1. The van der Waals surface area contributed by atoms with Crippen molar-refractivity contribution in [3.05, 3.63) is 72.1 Å². The molecule has 3 rings (SSSR count). The number of amides is 1. The van der Waals surface area contributed by atoms with Gasteiger partial charge in [-0.25, -0.2) is 13.1 Å². The van der Waals surface area contributed by atoms with E-state index in [-0.39, 0.29) is 16.1 Å². The lowest BCUT2D eigenvalue weighted by Crippen LogP contribution is -2.20. The highest BCUT2D eigenvalue weighted by Crippen LogP contribution is 2.37. The van der Waals surface area contributed by atoms with Crippen molar-refractivity contribution >= 4 is 21.6 Å². The molecule has 3 aromatic rings. The van der Waals surface area contributed by atoms with Crippen LogP contribution < -0.4 is 10.0 Å². The Morgan fingerprint density at radius 3 is 2.21 bits per heavy atom. The van der Waals surface area contributed by atoms with Gasteiger partial charge in [-0.1, -0.05) is 18.2 Å². The van der Waals surface area contributed by atoms with Crippen LogP contribution in [-0.2, 0) is 16.2 Å². The van der Waals surface area contributed by atoms with E-state index in [1.165, 1.54) is 43.4 Å². The first kappa shape index (κ1) is 20.4. The third-order valence-corrected chi connectivity index (χ3v) is 5.32. The normalized spacial score (nSPS) is 11.9. The molecule has 7 nitrogen and oxygen atoms in total. The zero-order valence-corrected chi connectivity index (χ0v) is 15.8. The molecule has 0 saturated heterocycles. The van der Waals surface area contributed by atoms with E-state index in [0.29, 0.717) is 4.68 Å². The molecule has 2 N–H and O–H groups in total. The third-order valence-electron chi connectivity index (χ3n) is 3.94. The Morgan fingerprint density at radius 2 is 1.66 bits per heavy atom. The Bertz CT molecular complexity index is 1130. The molecule has 0 fully saturated rings. The van der Waals surface area contributed by atoms with Gasteiger partial charge in [0, 0.05) is 12.6 Å². The average molecular weight is 424 g/mol. The number of nitrogens with zero attached hydrogens (tertiary/aromatic N) is 2. The number of anilines is 1. The van der Waals surface area contributed by atoms with Gasteiger partial charge in [0.05, 0.1) is 22.5 Å². The SMILES string of the molecule is CNC(=O)c1ccc(S(=O)(=O)Nc2cnn(-c3ccccc3)c2C(F)(F)F)cc1. The summed E-state index contributed by atoms with van der Waals surface area (Å²) >= 11 is 0. The zero-order chi connectivity index (χ0) is 21.2. The lowest BCUT2D eigenvalue weighted by Gasteiger charge is -2.14. The number of hydrogen-bond acceptors (Lipinski definition) is 4. The Morgan fingerprint density at radius 1 is 1.03 bits per heavy atom. The van der Waals surface area contributed by atoms with E-state index in [0.717, 1.165) is 18.3 Å². The Labute approximate surface area is 164 Å². The molecule has 0 aliphatic rings. The molecule has 0 atom stereocenters. The van der Waals surface area contributed by atoms with Crippen molar-refractivity contribution in [3.63, 3.8) is 0 Å². The number of benzene rings is 2. The second-order valence-corrected chi connectivity index (χ2v) is 7.54. The summed E-state index contributed by atoms with van der Waals surface area (Å²) < 4.78 is 68.6. The van der Waals surface area contributed by atoms with Crippen molar-refractivity contribution in [2.45, 2.75) is 11.1 Å². The van der Waals surface area contributed by atoms with Gasteiger partial charge in [-0.3, -0.25) is 9.52 Å². The summed E-state index contributed by atoms with van der Waals surface area (Å²) in [6.45, 7) is 0. The molecule has 0 radical (unpaired) electrons. The summed E-state index contributed by atoms with van der Waals surface area (Å²) in [6.07, 6.45) is -4.07. The van der Waals surface area contributed by atoms with Crippen LogP contribution in [0, 0.1) is 0 Å². The average Bonchev–Trinajstić information content (AvgIpc) is 3.11. The lowest BCUT2D eigenvalue weighted by molar-refractivity contribution is -0.142. The fourth-order valence-corrected chi connectivity index (χ4v) is 3.65. The van der Waals surface area contributed by atoms with Gasteiger partial charge in [0.15, 0.2) is 5.69 Å². The topological polar surface area (TPSA) is 93.1 Å². The summed E-state index contributed by atoms with van der Waals surface area (Å²) in [4.78, 5) is 11.2. The number of nitrogens with one attached hydrogen (secondary N) is 2. The lowest BCUT2D eigenvalue weighted by atomic mass is 10.2. The number of sulfonamides is 1. The van der Waals surface area contributed by atoms with Crippen LogP contribution in [0.25, 0.3) is 5.69 Å². The Balaban J connectivity index is 1.99. The quantitative estimate of drug-likeness (QED) is 0.659. The van der Waals surface area contributed by atoms with Gasteiger partial charge in [-0.15, -0.1) is 0 Å². The molecule has 1 amide bonds. The zero-order valence-electron chi connectivity index (χ0n) is 14.9. The van der Waals surface area contributed by atoms with Crippen LogP contribution in [0.2, 0.25) is 0 Å². The van der Waals surface area contributed by atoms with E-state index in [1.807, 2.05) is 4.72 Å². The first-order valence-corrected chi connectivity index (χ1v) is 9.67. The second kappa shape index (κ2) is 7.59. The maximum atomic E-state index is 13.6. The van der Waals surface area contributed by atoms with Gasteiger partial charge in [0.2, 0.25) is 0 Å². The van der Waals surface area contributed by atoms with Gasteiger partial charge in [0.25, 0.3) is 15.9 Å². The van der Waals surface area contributed by atoms with Crippen molar-refractivity contribution in [1.29, 1.82) is 0 Å².